The van der Waals surface area contributed by atoms with Crippen LogP contribution >= 0.6 is 0 Å². The molecule has 3 rings (SSSR count). The van der Waals surface area contributed by atoms with Gasteiger partial charge in [0, 0.05) is 5.92 Å². The number of nitriles is 2. The minimum atomic E-state index is -1.64. The Bertz CT molecular complexity index is 936. The maximum absolute atomic E-state index is 11.8. The summed E-state index contributed by atoms with van der Waals surface area (Å²) >= 11 is 0. The summed E-state index contributed by atoms with van der Waals surface area (Å²) in [5.41, 5.74) is 4.58. The third-order valence-corrected chi connectivity index (χ3v) is 6.18. The van der Waals surface area contributed by atoms with E-state index in [2.05, 4.69) is 17.1 Å². The first-order valence-electron chi connectivity index (χ1n) is 10.6. The van der Waals surface area contributed by atoms with Crippen molar-refractivity contribution < 1.29 is 19.0 Å². The van der Waals surface area contributed by atoms with Crippen LogP contribution in [0, 0.1) is 33.5 Å². The molecule has 1 saturated carbocycles. The van der Waals surface area contributed by atoms with Crippen LogP contribution in [0.2, 0.25) is 0 Å². The fraction of sp³-hybridized carbons (Fsp3) is 0.565. The van der Waals surface area contributed by atoms with E-state index in [9.17, 15) is 15.3 Å². The molecule has 0 radical (unpaired) electrons. The molecule has 0 spiro atoms. The molecule has 0 amide bonds. The third-order valence-electron chi connectivity index (χ3n) is 6.18. The number of hydrogen-bond donors (Lipinski definition) is 1. The number of unbranched alkanes of at least 4 members (excludes halogenated alkanes) is 2. The number of amidine groups is 1. The molecule has 1 heterocycles. The first-order valence-corrected chi connectivity index (χ1v) is 10.6. The molecular formula is C23H28N4O4. The Balaban J connectivity index is 2.06. The second-order valence-electron chi connectivity index (χ2n) is 7.87. The molecule has 1 fully saturated rings. The van der Waals surface area contributed by atoms with Gasteiger partial charge in [-0.15, -0.1) is 0 Å². The lowest BCUT2D eigenvalue weighted by atomic mass is 9.93. The van der Waals surface area contributed by atoms with Crippen molar-refractivity contribution in [2.45, 2.75) is 51.4 Å². The molecule has 8 heteroatoms. The number of nitrogens with two attached hydrogens (primary N) is 1. The number of esters is 1. The number of rotatable bonds is 10. The minimum absolute atomic E-state index is 0.0478. The van der Waals surface area contributed by atoms with Crippen molar-refractivity contribution in [3.8, 4) is 12.1 Å². The molecule has 1 aromatic rings. The SMILES string of the molecule is CCCCOC1(OCCCC)N=C(N)C2(C#N)C(c3ccc(C(=O)OC)cc3)C12C#N. The van der Waals surface area contributed by atoms with Gasteiger partial charge in [-0.2, -0.15) is 10.5 Å². The Morgan fingerprint density at radius 1 is 1.10 bits per heavy atom. The molecule has 0 bridgehead atoms. The molecule has 0 saturated heterocycles. The first kappa shape index (κ1) is 22.7. The highest BCUT2D eigenvalue weighted by Gasteiger charge is 2.93. The van der Waals surface area contributed by atoms with Crippen LogP contribution in [-0.2, 0) is 14.2 Å². The van der Waals surface area contributed by atoms with Crippen molar-refractivity contribution >= 4 is 11.8 Å². The van der Waals surface area contributed by atoms with Crippen LogP contribution in [0.1, 0.15) is 61.4 Å². The smallest absolute Gasteiger partial charge is 0.337 e. The molecular weight excluding hydrogens is 396 g/mol. The summed E-state index contributed by atoms with van der Waals surface area (Å²) in [7, 11) is 1.31. The van der Waals surface area contributed by atoms with Gasteiger partial charge in [-0.25, -0.2) is 9.79 Å². The lowest BCUT2D eigenvalue weighted by Gasteiger charge is -2.32. The minimum Gasteiger partial charge on any atom is -0.465 e. The molecule has 8 nitrogen and oxygen atoms in total. The number of carbonyl (C=O) groups excluding carboxylic acids is 1. The predicted octanol–water partition coefficient (Wildman–Crippen LogP) is 3.25. The predicted molar refractivity (Wildman–Crippen MR) is 113 cm³/mol. The van der Waals surface area contributed by atoms with Crippen molar-refractivity contribution in [2.75, 3.05) is 20.3 Å². The topological polar surface area (TPSA) is 131 Å². The summed E-state index contributed by atoms with van der Waals surface area (Å²) in [6.07, 6.45) is 3.30. The van der Waals surface area contributed by atoms with E-state index >= 15 is 0 Å². The molecule has 164 valence electrons. The van der Waals surface area contributed by atoms with Crippen LogP contribution in [0.4, 0.5) is 0 Å². The zero-order valence-electron chi connectivity index (χ0n) is 18.2. The molecule has 3 atom stereocenters. The van der Waals surface area contributed by atoms with Gasteiger partial charge in [-0.05, 0) is 30.5 Å². The van der Waals surface area contributed by atoms with Gasteiger partial charge in [-0.3, -0.25) is 0 Å². The van der Waals surface area contributed by atoms with E-state index in [0.29, 0.717) is 24.3 Å². The van der Waals surface area contributed by atoms with E-state index in [1.165, 1.54) is 7.11 Å². The summed E-state index contributed by atoms with van der Waals surface area (Å²) in [6, 6.07) is 11.2. The van der Waals surface area contributed by atoms with E-state index < -0.39 is 28.6 Å². The van der Waals surface area contributed by atoms with Gasteiger partial charge in [0.25, 0.3) is 5.91 Å². The van der Waals surface area contributed by atoms with Gasteiger partial charge in [0.05, 0.1) is 38.0 Å². The van der Waals surface area contributed by atoms with Crippen LogP contribution in [-0.4, -0.2) is 38.0 Å². The molecule has 1 aromatic carbocycles. The fourth-order valence-electron chi connectivity index (χ4n) is 4.50. The van der Waals surface area contributed by atoms with Gasteiger partial charge in [0.15, 0.2) is 5.41 Å². The van der Waals surface area contributed by atoms with Crippen molar-refractivity contribution in [3.05, 3.63) is 35.4 Å². The summed E-state index contributed by atoms with van der Waals surface area (Å²) in [5.74, 6) is -2.65. The average molecular weight is 425 g/mol. The first-order chi connectivity index (χ1) is 14.9. The van der Waals surface area contributed by atoms with E-state index in [-0.39, 0.29) is 5.84 Å². The number of benzene rings is 1. The molecule has 2 aliphatic rings. The normalized spacial score (nSPS) is 27.5. The number of methoxy groups -OCH3 is 1. The summed E-state index contributed by atoms with van der Waals surface area (Å²) in [5, 5.41) is 20.6. The standard InChI is InChI=1S/C23H28N4O4/c1-4-6-12-30-23(31-13-7-5-2)22(15-25)18(21(22,14-24)20(26)27-23)16-8-10-17(11-9-16)19(28)29-3/h8-11,18H,4-7,12-13H2,1-3H3,(H2,26,27). The Labute approximate surface area is 182 Å². The number of carbonyl (C=O) groups is 1. The molecule has 0 aromatic heterocycles. The van der Waals surface area contributed by atoms with E-state index in [0.717, 1.165) is 25.7 Å². The van der Waals surface area contributed by atoms with E-state index in [1.54, 1.807) is 24.3 Å². The van der Waals surface area contributed by atoms with E-state index in [1.807, 2.05) is 13.8 Å². The largest absolute Gasteiger partial charge is 0.465 e. The van der Waals surface area contributed by atoms with Gasteiger partial charge in [-0.1, -0.05) is 38.8 Å². The summed E-state index contributed by atoms with van der Waals surface area (Å²) in [4.78, 5) is 16.2. The zero-order chi connectivity index (χ0) is 22.7. The number of nitrogens with zero attached hydrogens (tertiary/aromatic N) is 3. The maximum Gasteiger partial charge on any atom is 0.337 e. The molecule has 31 heavy (non-hydrogen) atoms. The van der Waals surface area contributed by atoms with Crippen LogP contribution in [0.3, 0.4) is 0 Å². The van der Waals surface area contributed by atoms with Crippen molar-refractivity contribution in [1.82, 2.24) is 0 Å². The van der Waals surface area contributed by atoms with Crippen LogP contribution in [0.15, 0.2) is 29.3 Å². The Morgan fingerprint density at radius 2 is 1.68 bits per heavy atom. The summed E-state index contributed by atoms with van der Waals surface area (Å²) < 4.78 is 17.0. The molecule has 3 unspecified atom stereocenters. The van der Waals surface area contributed by atoms with Crippen LogP contribution in [0.5, 0.6) is 0 Å². The Morgan fingerprint density at radius 3 is 2.13 bits per heavy atom. The number of hydrogen-bond acceptors (Lipinski definition) is 8. The average Bonchev–Trinajstić information content (AvgIpc) is 3.37. The van der Waals surface area contributed by atoms with Gasteiger partial charge in [0.2, 0.25) is 0 Å². The number of aliphatic imine (C=N–C) groups is 1. The summed E-state index contributed by atoms with van der Waals surface area (Å²) in [6.45, 7) is 4.72. The fourth-order valence-corrected chi connectivity index (χ4v) is 4.50. The highest BCUT2D eigenvalue weighted by atomic mass is 16.7. The quantitative estimate of drug-likeness (QED) is 0.346. The Kier molecular flexibility index (Phi) is 6.35. The highest BCUT2D eigenvalue weighted by Crippen LogP contribution is 2.82. The molecule has 1 aliphatic heterocycles. The monoisotopic (exact) mass is 424 g/mol. The molecule has 2 N–H and O–H groups in total. The van der Waals surface area contributed by atoms with Gasteiger partial charge >= 0.3 is 5.97 Å². The number of fused-ring (bicyclic) bond motifs is 1. The Hall–Kier alpha value is -2.94. The van der Waals surface area contributed by atoms with Crippen LogP contribution < -0.4 is 5.73 Å². The van der Waals surface area contributed by atoms with Crippen molar-refractivity contribution in [3.63, 3.8) is 0 Å². The zero-order valence-corrected chi connectivity index (χ0v) is 18.2. The van der Waals surface area contributed by atoms with Crippen LogP contribution in [0.25, 0.3) is 0 Å². The second-order valence-corrected chi connectivity index (χ2v) is 7.87. The van der Waals surface area contributed by atoms with Crippen molar-refractivity contribution in [2.24, 2.45) is 21.6 Å². The van der Waals surface area contributed by atoms with E-state index in [4.69, 9.17) is 19.9 Å². The van der Waals surface area contributed by atoms with Gasteiger partial charge in [0.1, 0.15) is 11.3 Å². The lowest BCUT2D eigenvalue weighted by Crippen LogP contribution is -2.44. The molecule has 1 aliphatic carbocycles. The highest BCUT2D eigenvalue weighted by molar-refractivity contribution is 6.00. The maximum atomic E-state index is 11.8. The van der Waals surface area contributed by atoms with Gasteiger partial charge < -0.3 is 19.9 Å². The second kappa shape index (κ2) is 8.66. The number of ether oxygens (including phenoxy) is 3. The third kappa shape index (κ3) is 3.10. The van der Waals surface area contributed by atoms with Crippen molar-refractivity contribution in [1.29, 1.82) is 10.5 Å². The lowest BCUT2D eigenvalue weighted by molar-refractivity contribution is -0.260.